The smallest absolute Gasteiger partial charge is 0.257 e. The highest BCUT2D eigenvalue weighted by atomic mass is 32.1. The summed E-state index contributed by atoms with van der Waals surface area (Å²) in [6.45, 7) is 1.68. The van der Waals surface area contributed by atoms with E-state index in [1.165, 1.54) is 34.4 Å². The van der Waals surface area contributed by atoms with Crippen LogP contribution in [0, 0.1) is 12.7 Å². The van der Waals surface area contributed by atoms with Crippen LogP contribution >= 0.6 is 11.3 Å². The van der Waals surface area contributed by atoms with Crippen LogP contribution in [0.2, 0.25) is 0 Å². The Bertz CT molecular complexity index is 779. The SMILES string of the molecule is Cc1cnc(NC(=O)[C@@H]2OCC(=O)N(C)[C@@H]2c2cccc(F)c2)s1. The molecule has 0 unspecified atom stereocenters. The topological polar surface area (TPSA) is 71.5 Å². The molecule has 1 N–H and O–H groups in total. The molecule has 2 aromatic rings. The third-order valence-corrected chi connectivity index (χ3v) is 4.61. The Morgan fingerprint density at radius 2 is 2.29 bits per heavy atom. The van der Waals surface area contributed by atoms with Crippen molar-refractivity contribution in [1.82, 2.24) is 9.88 Å². The largest absolute Gasteiger partial charge is 0.356 e. The number of morpholine rings is 1. The summed E-state index contributed by atoms with van der Waals surface area (Å²) in [4.78, 5) is 31.0. The van der Waals surface area contributed by atoms with Crippen molar-refractivity contribution in [2.75, 3.05) is 19.0 Å². The van der Waals surface area contributed by atoms with Gasteiger partial charge in [-0.3, -0.25) is 14.9 Å². The summed E-state index contributed by atoms with van der Waals surface area (Å²) in [6, 6.07) is 5.11. The predicted molar refractivity (Wildman–Crippen MR) is 87.1 cm³/mol. The fourth-order valence-corrected chi connectivity index (χ4v) is 3.28. The number of amides is 2. The van der Waals surface area contributed by atoms with E-state index in [1.807, 2.05) is 6.92 Å². The number of rotatable bonds is 3. The van der Waals surface area contributed by atoms with Gasteiger partial charge < -0.3 is 9.64 Å². The zero-order valence-electron chi connectivity index (χ0n) is 13.2. The standard InChI is InChI=1S/C16H16FN3O3S/c1-9-7-18-16(24-9)19-15(22)14-13(20(2)12(21)8-23-14)10-4-3-5-11(17)6-10/h3-7,13-14H,8H2,1-2H3,(H,18,19,22)/t13-,14-/m1/s1. The van der Waals surface area contributed by atoms with E-state index in [4.69, 9.17) is 4.74 Å². The molecule has 0 spiro atoms. The molecule has 0 bridgehead atoms. The number of carbonyl (C=O) groups is 2. The Morgan fingerprint density at radius 1 is 1.50 bits per heavy atom. The molecular weight excluding hydrogens is 333 g/mol. The van der Waals surface area contributed by atoms with E-state index in [0.29, 0.717) is 10.7 Å². The number of hydrogen-bond donors (Lipinski definition) is 1. The second kappa shape index (κ2) is 6.66. The van der Waals surface area contributed by atoms with Crippen molar-refractivity contribution in [1.29, 1.82) is 0 Å². The lowest BCUT2D eigenvalue weighted by Gasteiger charge is -2.38. The molecule has 1 saturated heterocycles. The van der Waals surface area contributed by atoms with E-state index in [1.54, 1.807) is 19.3 Å². The second-order valence-electron chi connectivity index (χ2n) is 5.50. The molecule has 2 atom stereocenters. The van der Waals surface area contributed by atoms with Crippen LogP contribution in [-0.2, 0) is 14.3 Å². The first-order valence-electron chi connectivity index (χ1n) is 7.31. The minimum Gasteiger partial charge on any atom is -0.356 e. The monoisotopic (exact) mass is 349 g/mol. The Labute approximate surface area is 142 Å². The number of halogens is 1. The van der Waals surface area contributed by atoms with Crippen molar-refractivity contribution in [3.8, 4) is 0 Å². The number of nitrogens with zero attached hydrogens (tertiary/aromatic N) is 2. The highest BCUT2D eigenvalue weighted by molar-refractivity contribution is 7.15. The summed E-state index contributed by atoms with van der Waals surface area (Å²) in [5.74, 6) is -1.12. The normalized spacial score (nSPS) is 21.0. The maximum absolute atomic E-state index is 13.6. The molecule has 126 valence electrons. The molecule has 2 heterocycles. The number of carbonyl (C=O) groups excluding carboxylic acids is 2. The van der Waals surface area contributed by atoms with Gasteiger partial charge in [-0.1, -0.05) is 12.1 Å². The first-order chi connectivity index (χ1) is 11.5. The Hall–Kier alpha value is -2.32. The van der Waals surface area contributed by atoms with E-state index in [2.05, 4.69) is 10.3 Å². The fourth-order valence-electron chi connectivity index (χ4n) is 2.61. The van der Waals surface area contributed by atoms with Crippen LogP contribution in [0.15, 0.2) is 30.5 Å². The minimum atomic E-state index is -0.946. The van der Waals surface area contributed by atoms with Crippen molar-refractivity contribution >= 4 is 28.3 Å². The molecule has 0 radical (unpaired) electrons. The molecule has 1 aromatic heterocycles. The average molecular weight is 349 g/mol. The van der Waals surface area contributed by atoms with Gasteiger partial charge in [0.15, 0.2) is 11.2 Å². The van der Waals surface area contributed by atoms with E-state index >= 15 is 0 Å². The molecule has 0 aliphatic carbocycles. The van der Waals surface area contributed by atoms with E-state index in [0.717, 1.165) is 4.88 Å². The van der Waals surface area contributed by atoms with Gasteiger partial charge >= 0.3 is 0 Å². The molecule has 1 fully saturated rings. The van der Waals surface area contributed by atoms with Gasteiger partial charge in [0.1, 0.15) is 12.4 Å². The molecule has 2 amide bonds. The van der Waals surface area contributed by atoms with Crippen molar-refractivity contribution in [3.05, 3.63) is 46.7 Å². The van der Waals surface area contributed by atoms with Crippen molar-refractivity contribution < 1.29 is 18.7 Å². The van der Waals surface area contributed by atoms with Gasteiger partial charge in [-0.15, -0.1) is 11.3 Å². The molecule has 0 saturated carbocycles. The number of nitrogens with one attached hydrogen (secondary N) is 1. The van der Waals surface area contributed by atoms with Crippen molar-refractivity contribution in [2.24, 2.45) is 0 Å². The van der Waals surface area contributed by atoms with Crippen LogP contribution in [0.1, 0.15) is 16.5 Å². The van der Waals surface area contributed by atoms with Crippen LogP contribution in [-0.4, -0.2) is 41.5 Å². The van der Waals surface area contributed by atoms with Gasteiger partial charge in [0, 0.05) is 18.1 Å². The molecule has 1 aliphatic heterocycles. The third-order valence-electron chi connectivity index (χ3n) is 3.78. The Morgan fingerprint density at radius 3 is 2.96 bits per heavy atom. The zero-order valence-corrected chi connectivity index (χ0v) is 14.0. The quantitative estimate of drug-likeness (QED) is 0.921. The van der Waals surface area contributed by atoms with Crippen LogP contribution < -0.4 is 5.32 Å². The first kappa shape index (κ1) is 16.5. The van der Waals surface area contributed by atoms with E-state index in [-0.39, 0.29) is 12.5 Å². The maximum Gasteiger partial charge on any atom is 0.257 e. The zero-order chi connectivity index (χ0) is 17.3. The highest BCUT2D eigenvalue weighted by Crippen LogP contribution is 2.30. The number of hydrogen-bond acceptors (Lipinski definition) is 5. The third kappa shape index (κ3) is 3.29. The number of anilines is 1. The molecule has 1 aliphatic rings. The van der Waals surface area contributed by atoms with Crippen LogP contribution in [0.25, 0.3) is 0 Å². The number of aryl methyl sites for hydroxylation is 1. The molecule has 8 heteroatoms. The second-order valence-corrected chi connectivity index (χ2v) is 6.74. The highest BCUT2D eigenvalue weighted by Gasteiger charge is 2.40. The summed E-state index contributed by atoms with van der Waals surface area (Å²) < 4.78 is 19.0. The van der Waals surface area contributed by atoms with Crippen molar-refractivity contribution in [2.45, 2.75) is 19.1 Å². The lowest BCUT2D eigenvalue weighted by Crippen LogP contribution is -2.51. The van der Waals surface area contributed by atoms with Gasteiger partial charge in [0.05, 0.1) is 6.04 Å². The molecule has 6 nitrogen and oxygen atoms in total. The predicted octanol–water partition coefficient (Wildman–Crippen LogP) is 2.13. The summed E-state index contributed by atoms with van der Waals surface area (Å²) in [7, 11) is 1.58. The molecule has 1 aromatic carbocycles. The molecular formula is C16H16FN3O3S. The number of likely N-dealkylation sites (N-methyl/N-ethyl adjacent to an activating group) is 1. The van der Waals surface area contributed by atoms with Crippen LogP contribution in [0.5, 0.6) is 0 Å². The van der Waals surface area contributed by atoms with E-state index in [9.17, 15) is 14.0 Å². The molecule has 3 rings (SSSR count). The van der Waals surface area contributed by atoms with Crippen LogP contribution in [0.3, 0.4) is 0 Å². The summed E-state index contributed by atoms with van der Waals surface area (Å²) in [5.41, 5.74) is 0.501. The summed E-state index contributed by atoms with van der Waals surface area (Å²) in [5, 5.41) is 3.15. The summed E-state index contributed by atoms with van der Waals surface area (Å²) >= 11 is 1.34. The fraction of sp³-hybridized carbons (Fsp3) is 0.312. The number of benzene rings is 1. The van der Waals surface area contributed by atoms with Gasteiger partial charge in [-0.2, -0.15) is 0 Å². The van der Waals surface area contributed by atoms with Crippen LogP contribution in [0.4, 0.5) is 9.52 Å². The number of thiazole rings is 1. The number of aromatic nitrogens is 1. The Balaban J connectivity index is 1.88. The van der Waals surface area contributed by atoms with E-state index < -0.39 is 23.9 Å². The lowest BCUT2D eigenvalue weighted by molar-refractivity contribution is -0.160. The van der Waals surface area contributed by atoms with Gasteiger partial charge in [-0.25, -0.2) is 9.37 Å². The minimum absolute atomic E-state index is 0.197. The number of ether oxygens (including phenoxy) is 1. The Kier molecular flexibility index (Phi) is 4.59. The van der Waals surface area contributed by atoms with Crippen molar-refractivity contribution in [3.63, 3.8) is 0 Å². The van der Waals surface area contributed by atoms with Gasteiger partial charge in [-0.05, 0) is 24.6 Å². The molecule has 24 heavy (non-hydrogen) atoms. The first-order valence-corrected chi connectivity index (χ1v) is 8.13. The maximum atomic E-state index is 13.6. The van der Waals surface area contributed by atoms with Gasteiger partial charge in [0.2, 0.25) is 5.91 Å². The lowest BCUT2D eigenvalue weighted by atomic mass is 9.97. The van der Waals surface area contributed by atoms with Gasteiger partial charge in [0.25, 0.3) is 5.91 Å². The summed E-state index contributed by atoms with van der Waals surface area (Å²) in [6.07, 6.45) is 0.709. The average Bonchev–Trinajstić information content (AvgIpc) is 2.94.